The van der Waals surface area contributed by atoms with Gasteiger partial charge in [0.1, 0.15) is 18.1 Å². The van der Waals surface area contributed by atoms with Crippen molar-refractivity contribution in [3.05, 3.63) is 12.0 Å². The summed E-state index contributed by atoms with van der Waals surface area (Å²) in [5, 5.41) is 2.62. The third kappa shape index (κ3) is 1.13. The van der Waals surface area contributed by atoms with Crippen LogP contribution in [0.4, 0.5) is 11.5 Å². The molecular weight excluding hydrogens is 180 g/mol. The Morgan fingerprint density at radius 3 is 3.14 bits per heavy atom. The third-order valence-electron chi connectivity index (χ3n) is 2.26. The molecule has 14 heavy (non-hydrogen) atoms. The van der Waals surface area contributed by atoms with Crippen molar-refractivity contribution in [2.75, 3.05) is 17.2 Å². The molecule has 2 heterocycles. The van der Waals surface area contributed by atoms with E-state index in [1.165, 1.54) is 13.3 Å². The van der Waals surface area contributed by atoms with Crippen LogP contribution < -0.4 is 10.2 Å². The predicted octanol–water partition coefficient (Wildman–Crippen LogP) is 0.562. The number of hydrogen-bond donors (Lipinski definition) is 1. The summed E-state index contributed by atoms with van der Waals surface area (Å²) in [5.74, 6) is -0.129. The van der Waals surface area contributed by atoms with E-state index in [0.29, 0.717) is 11.4 Å². The van der Waals surface area contributed by atoms with Crippen LogP contribution in [0.3, 0.4) is 0 Å². The number of anilines is 2. The molecule has 1 N–H and O–H groups in total. The summed E-state index contributed by atoms with van der Waals surface area (Å²) in [6.45, 7) is 0.809. The van der Waals surface area contributed by atoms with E-state index in [9.17, 15) is 4.79 Å². The molecule has 1 aliphatic rings. The maximum absolute atomic E-state index is 11.7. The molecule has 1 aromatic rings. The maximum atomic E-state index is 11.7. The topological polar surface area (TPSA) is 58.1 Å². The zero-order valence-electron chi connectivity index (χ0n) is 10.9. The van der Waals surface area contributed by atoms with Crippen LogP contribution >= 0.6 is 0 Å². The van der Waals surface area contributed by atoms with E-state index in [1.807, 2.05) is 0 Å². The number of carbonyl (C=O) groups is 1. The molecule has 0 saturated heterocycles. The van der Waals surface area contributed by atoms with Crippen molar-refractivity contribution in [2.45, 2.75) is 19.9 Å². The molecule has 0 bridgehead atoms. The number of nitrogens with one attached hydrogen (secondary N) is 1. The number of carbonyl (C=O) groups excluding carboxylic acids is 1. The average molecular weight is 195 g/mol. The van der Waals surface area contributed by atoms with E-state index in [1.54, 1.807) is 6.92 Å². The van der Waals surface area contributed by atoms with E-state index in [0.717, 1.165) is 4.90 Å². The fraction of sp³-hybridized carbons (Fsp3) is 0.444. The lowest BCUT2D eigenvalue weighted by atomic mass is 10.2. The summed E-state index contributed by atoms with van der Waals surface area (Å²) in [6.07, 6.45) is 1.29. The second-order valence-electron chi connectivity index (χ2n) is 3.19. The molecule has 74 valence electrons. The molecule has 0 aromatic carbocycles. The normalized spacial score (nSPS) is 24.4. The molecule has 5 nitrogen and oxygen atoms in total. The van der Waals surface area contributed by atoms with Gasteiger partial charge in [-0.15, -0.1) is 0 Å². The Morgan fingerprint density at radius 2 is 2.43 bits per heavy atom. The summed E-state index contributed by atoms with van der Waals surface area (Å²) >= 11 is 0. The second kappa shape index (κ2) is 2.94. The zero-order chi connectivity index (χ0) is 12.8. The Kier molecular flexibility index (Phi) is 1.25. The van der Waals surface area contributed by atoms with E-state index < -0.39 is 13.0 Å². The molecule has 2 rings (SSSR count). The van der Waals surface area contributed by atoms with Crippen LogP contribution in [0, 0.1) is 6.92 Å². The standard InChI is InChI=1S/C9H12N4O/c1-5-7-8(11-4-10-5)13(3)6(2)9(14)12-7/h4,6H,1-3H3,(H,12,14)/i3D3. The lowest BCUT2D eigenvalue weighted by molar-refractivity contribution is -0.117. The molecule has 1 aliphatic heterocycles. The van der Waals surface area contributed by atoms with Gasteiger partial charge in [-0.2, -0.15) is 0 Å². The quantitative estimate of drug-likeness (QED) is 0.657. The van der Waals surface area contributed by atoms with Gasteiger partial charge in [0.05, 0.1) is 5.69 Å². The molecule has 1 amide bonds. The number of amides is 1. The molecule has 1 atom stereocenters. The van der Waals surface area contributed by atoms with Crippen LogP contribution in [-0.2, 0) is 4.79 Å². The fourth-order valence-corrected chi connectivity index (χ4v) is 1.32. The van der Waals surface area contributed by atoms with Gasteiger partial charge in [0, 0.05) is 11.1 Å². The van der Waals surface area contributed by atoms with E-state index >= 15 is 0 Å². The Morgan fingerprint density at radius 1 is 1.64 bits per heavy atom. The van der Waals surface area contributed by atoms with Gasteiger partial charge in [-0.25, -0.2) is 9.97 Å². The fourth-order valence-electron chi connectivity index (χ4n) is 1.32. The second-order valence-corrected chi connectivity index (χ2v) is 3.19. The molecular formula is C9H12N4O. The summed E-state index contributed by atoms with van der Waals surface area (Å²) in [7, 11) is 0. The Balaban J connectivity index is 2.61. The minimum Gasteiger partial charge on any atom is -0.346 e. The number of hydrogen-bond acceptors (Lipinski definition) is 4. The van der Waals surface area contributed by atoms with Gasteiger partial charge in [-0.1, -0.05) is 0 Å². The molecule has 0 aliphatic carbocycles. The molecule has 0 spiro atoms. The monoisotopic (exact) mass is 195 g/mol. The largest absolute Gasteiger partial charge is 0.346 e. The van der Waals surface area contributed by atoms with Crippen molar-refractivity contribution >= 4 is 17.4 Å². The van der Waals surface area contributed by atoms with Crippen molar-refractivity contribution in [3.63, 3.8) is 0 Å². The summed E-state index contributed by atoms with van der Waals surface area (Å²) in [4.78, 5) is 20.6. The maximum Gasteiger partial charge on any atom is 0.246 e. The number of rotatable bonds is 0. The minimum atomic E-state index is -2.41. The lowest BCUT2D eigenvalue weighted by Gasteiger charge is -2.32. The van der Waals surface area contributed by atoms with Gasteiger partial charge < -0.3 is 10.2 Å². The van der Waals surface area contributed by atoms with Crippen molar-refractivity contribution in [2.24, 2.45) is 0 Å². The average Bonchev–Trinajstić information content (AvgIpc) is 2.19. The first-order valence-corrected chi connectivity index (χ1v) is 4.24. The Hall–Kier alpha value is -1.65. The molecule has 0 saturated carbocycles. The summed E-state index contributed by atoms with van der Waals surface area (Å²) in [6, 6.07) is -0.788. The highest BCUT2D eigenvalue weighted by molar-refractivity contribution is 6.02. The molecule has 1 unspecified atom stereocenters. The number of aryl methyl sites for hydroxylation is 1. The molecule has 5 heteroatoms. The van der Waals surface area contributed by atoms with Crippen molar-refractivity contribution < 1.29 is 8.91 Å². The van der Waals surface area contributed by atoms with Gasteiger partial charge in [-0.3, -0.25) is 4.79 Å². The molecule has 0 radical (unpaired) electrons. The number of likely N-dealkylation sites (N-methyl/N-ethyl adjacent to an activating group) is 1. The Labute approximate surface area is 86.4 Å². The summed E-state index contributed by atoms with van der Waals surface area (Å²) < 4.78 is 22.4. The zero-order valence-corrected chi connectivity index (χ0v) is 7.90. The van der Waals surface area contributed by atoms with Gasteiger partial charge >= 0.3 is 0 Å². The van der Waals surface area contributed by atoms with E-state index in [4.69, 9.17) is 4.11 Å². The molecule has 1 aromatic heterocycles. The first-order valence-electron chi connectivity index (χ1n) is 5.74. The highest BCUT2D eigenvalue weighted by atomic mass is 16.2. The van der Waals surface area contributed by atoms with Gasteiger partial charge in [-0.05, 0) is 13.8 Å². The van der Waals surface area contributed by atoms with Gasteiger partial charge in [0.25, 0.3) is 0 Å². The number of aromatic nitrogens is 2. The Bertz CT molecular complexity index is 474. The minimum absolute atomic E-state index is 0.240. The SMILES string of the molecule is [2H]C([2H])([2H])N1c2ncnc(C)c2NC(=O)C1C. The van der Waals surface area contributed by atoms with Crippen LogP contribution in [0.2, 0.25) is 0 Å². The third-order valence-corrected chi connectivity index (χ3v) is 2.26. The van der Waals surface area contributed by atoms with Gasteiger partial charge in [0.15, 0.2) is 5.82 Å². The van der Waals surface area contributed by atoms with Crippen molar-refractivity contribution in [1.82, 2.24) is 9.97 Å². The number of fused-ring (bicyclic) bond motifs is 1. The van der Waals surface area contributed by atoms with Crippen LogP contribution in [0.5, 0.6) is 0 Å². The van der Waals surface area contributed by atoms with E-state index in [2.05, 4.69) is 15.3 Å². The molecule has 0 fully saturated rings. The van der Waals surface area contributed by atoms with E-state index in [-0.39, 0.29) is 11.7 Å². The summed E-state index contributed by atoms with van der Waals surface area (Å²) in [5.41, 5.74) is 0.913. The first kappa shape index (κ1) is 5.95. The highest BCUT2D eigenvalue weighted by Gasteiger charge is 2.28. The van der Waals surface area contributed by atoms with Crippen LogP contribution in [0.15, 0.2) is 6.33 Å². The van der Waals surface area contributed by atoms with Crippen LogP contribution in [-0.4, -0.2) is 28.9 Å². The lowest BCUT2D eigenvalue weighted by Crippen LogP contribution is -2.44. The first-order chi connectivity index (χ1) is 7.82. The van der Waals surface area contributed by atoms with Gasteiger partial charge in [0.2, 0.25) is 5.91 Å². The van der Waals surface area contributed by atoms with Crippen molar-refractivity contribution in [1.29, 1.82) is 0 Å². The van der Waals surface area contributed by atoms with Crippen LogP contribution in [0.25, 0.3) is 0 Å². The predicted molar refractivity (Wildman–Crippen MR) is 53.3 cm³/mol. The van der Waals surface area contributed by atoms with Crippen molar-refractivity contribution in [3.8, 4) is 0 Å². The van der Waals surface area contributed by atoms with Crippen LogP contribution in [0.1, 0.15) is 16.7 Å². The number of nitrogens with zero attached hydrogens (tertiary/aromatic N) is 3. The highest BCUT2D eigenvalue weighted by Crippen LogP contribution is 2.29. The smallest absolute Gasteiger partial charge is 0.246 e.